The first-order chi connectivity index (χ1) is 6.96. The van der Waals surface area contributed by atoms with Crippen LogP contribution in [0.3, 0.4) is 0 Å². The smallest absolute Gasteiger partial charge is 0.273 e. The lowest BCUT2D eigenvalue weighted by Gasteiger charge is -2.00. The van der Waals surface area contributed by atoms with E-state index in [9.17, 15) is 18.0 Å². The standard InChI is InChI=1S/C10H18O4S/c1-3-5-7-9(11)15(13,14)10(12)8-6-4-2/h3-8H2,1-2H3. The first kappa shape index (κ1) is 14.3. The lowest BCUT2D eigenvalue weighted by molar-refractivity contribution is -0.114. The largest absolute Gasteiger partial charge is 0.281 e. The number of rotatable bonds is 6. The molecule has 0 amide bonds. The van der Waals surface area contributed by atoms with Crippen LogP contribution in [0.2, 0.25) is 0 Å². The maximum absolute atomic E-state index is 11.3. The fourth-order valence-corrected chi connectivity index (χ4v) is 2.12. The third-order valence-electron chi connectivity index (χ3n) is 2.07. The van der Waals surface area contributed by atoms with Crippen LogP contribution in [0, 0.1) is 0 Å². The van der Waals surface area contributed by atoms with Gasteiger partial charge in [-0.2, -0.15) is 0 Å². The van der Waals surface area contributed by atoms with Crippen LogP contribution in [0.25, 0.3) is 0 Å². The molecule has 0 rings (SSSR count). The van der Waals surface area contributed by atoms with Gasteiger partial charge in [0.15, 0.2) is 0 Å². The molecule has 0 radical (unpaired) electrons. The van der Waals surface area contributed by atoms with Crippen molar-refractivity contribution in [1.29, 1.82) is 0 Å². The van der Waals surface area contributed by atoms with Crippen LogP contribution < -0.4 is 0 Å². The summed E-state index contributed by atoms with van der Waals surface area (Å²) in [6.07, 6.45) is 2.42. The van der Waals surface area contributed by atoms with Crippen LogP contribution in [0.1, 0.15) is 52.4 Å². The molecule has 0 atom stereocenters. The summed E-state index contributed by atoms with van der Waals surface area (Å²) in [7, 11) is -4.16. The van der Waals surface area contributed by atoms with Gasteiger partial charge in [0.25, 0.3) is 20.1 Å². The molecule has 0 saturated carbocycles. The molecule has 0 unspecified atom stereocenters. The topological polar surface area (TPSA) is 68.3 Å². The van der Waals surface area contributed by atoms with E-state index in [1.165, 1.54) is 0 Å². The third kappa shape index (κ3) is 4.55. The van der Waals surface area contributed by atoms with E-state index in [-0.39, 0.29) is 12.8 Å². The molecule has 0 aromatic carbocycles. The Morgan fingerprint density at radius 3 is 1.47 bits per heavy atom. The molecule has 0 N–H and O–H groups in total. The van der Waals surface area contributed by atoms with Crippen molar-refractivity contribution in [3.8, 4) is 0 Å². The molecule has 0 fully saturated rings. The van der Waals surface area contributed by atoms with Crippen LogP contribution in [-0.4, -0.2) is 18.6 Å². The van der Waals surface area contributed by atoms with E-state index in [1.54, 1.807) is 0 Å². The second-order valence-electron chi connectivity index (χ2n) is 3.45. The predicted molar refractivity (Wildman–Crippen MR) is 58.0 cm³/mol. The number of hydrogen-bond acceptors (Lipinski definition) is 4. The number of sulfone groups is 1. The van der Waals surface area contributed by atoms with Crippen molar-refractivity contribution < 1.29 is 18.0 Å². The number of carbonyl (C=O) groups excluding carboxylic acids is 2. The summed E-state index contributed by atoms with van der Waals surface area (Å²) >= 11 is 0. The van der Waals surface area contributed by atoms with E-state index in [2.05, 4.69) is 0 Å². The van der Waals surface area contributed by atoms with Gasteiger partial charge in [0.1, 0.15) is 0 Å². The Morgan fingerprint density at radius 1 is 0.867 bits per heavy atom. The minimum Gasteiger partial charge on any atom is -0.281 e. The molecular formula is C10H18O4S. The second kappa shape index (κ2) is 6.71. The predicted octanol–water partition coefficient (Wildman–Crippen LogP) is 1.83. The fraction of sp³-hybridized carbons (Fsp3) is 0.800. The van der Waals surface area contributed by atoms with Gasteiger partial charge in [0, 0.05) is 12.8 Å². The van der Waals surface area contributed by atoms with Crippen molar-refractivity contribution in [2.24, 2.45) is 0 Å². The SMILES string of the molecule is CCCCC(=O)S(=O)(=O)C(=O)CCCC. The van der Waals surface area contributed by atoms with Gasteiger partial charge in [-0.3, -0.25) is 9.59 Å². The highest BCUT2D eigenvalue weighted by Gasteiger charge is 2.29. The molecule has 4 nitrogen and oxygen atoms in total. The number of unbranched alkanes of at least 4 members (excludes halogenated alkanes) is 2. The Balaban J connectivity index is 4.40. The van der Waals surface area contributed by atoms with Crippen molar-refractivity contribution in [3.63, 3.8) is 0 Å². The molecule has 0 aliphatic carbocycles. The van der Waals surface area contributed by atoms with Gasteiger partial charge in [0.05, 0.1) is 0 Å². The minimum absolute atomic E-state index is 0.0449. The van der Waals surface area contributed by atoms with Gasteiger partial charge < -0.3 is 0 Å². The average Bonchev–Trinajstić information content (AvgIpc) is 2.21. The second-order valence-corrected chi connectivity index (χ2v) is 5.37. The Labute approximate surface area is 91.0 Å². The van der Waals surface area contributed by atoms with E-state index in [1.807, 2.05) is 13.8 Å². The summed E-state index contributed by atoms with van der Waals surface area (Å²) < 4.78 is 22.7. The summed E-state index contributed by atoms with van der Waals surface area (Å²) in [4.78, 5) is 22.4. The summed E-state index contributed by atoms with van der Waals surface area (Å²) in [5.74, 6) is 0. The Bertz CT molecular complexity index is 290. The quantitative estimate of drug-likeness (QED) is 0.703. The lowest BCUT2D eigenvalue weighted by Crippen LogP contribution is -2.23. The zero-order chi connectivity index (χ0) is 11.9. The Hall–Kier alpha value is -0.710. The minimum atomic E-state index is -4.16. The zero-order valence-corrected chi connectivity index (χ0v) is 10.1. The van der Waals surface area contributed by atoms with Gasteiger partial charge in [0.2, 0.25) is 0 Å². The van der Waals surface area contributed by atoms with Crippen molar-refractivity contribution in [3.05, 3.63) is 0 Å². The maximum atomic E-state index is 11.3. The van der Waals surface area contributed by atoms with E-state index >= 15 is 0 Å². The molecule has 0 aromatic heterocycles. The van der Waals surface area contributed by atoms with Crippen LogP contribution in [0.4, 0.5) is 0 Å². The maximum Gasteiger partial charge on any atom is 0.273 e. The third-order valence-corrected chi connectivity index (χ3v) is 3.68. The van der Waals surface area contributed by atoms with E-state index in [4.69, 9.17) is 0 Å². The van der Waals surface area contributed by atoms with Crippen molar-refractivity contribution in [2.45, 2.75) is 52.4 Å². The molecule has 15 heavy (non-hydrogen) atoms. The van der Waals surface area contributed by atoms with Gasteiger partial charge in [-0.25, -0.2) is 8.42 Å². The molecule has 0 spiro atoms. The summed E-state index contributed by atoms with van der Waals surface area (Å²) in [6.45, 7) is 3.72. The highest BCUT2D eigenvalue weighted by Crippen LogP contribution is 2.08. The highest BCUT2D eigenvalue weighted by molar-refractivity contribution is 8.18. The summed E-state index contributed by atoms with van der Waals surface area (Å²) in [5.41, 5.74) is 0. The molecule has 0 saturated heterocycles. The van der Waals surface area contributed by atoms with Crippen LogP contribution in [0.15, 0.2) is 0 Å². The molecule has 0 bridgehead atoms. The zero-order valence-electron chi connectivity index (χ0n) is 9.28. The van der Waals surface area contributed by atoms with E-state index in [0.717, 1.165) is 12.8 Å². The lowest BCUT2D eigenvalue weighted by atomic mass is 10.3. The van der Waals surface area contributed by atoms with Crippen LogP contribution in [-0.2, 0) is 19.4 Å². The number of hydrogen-bond donors (Lipinski definition) is 0. The molecule has 5 heteroatoms. The Morgan fingerprint density at radius 2 is 1.20 bits per heavy atom. The van der Waals surface area contributed by atoms with Crippen LogP contribution >= 0.6 is 0 Å². The van der Waals surface area contributed by atoms with Crippen molar-refractivity contribution in [2.75, 3.05) is 0 Å². The van der Waals surface area contributed by atoms with E-state index in [0.29, 0.717) is 12.8 Å². The fourth-order valence-electron chi connectivity index (χ4n) is 1.04. The van der Waals surface area contributed by atoms with Gasteiger partial charge in [-0.05, 0) is 12.8 Å². The van der Waals surface area contributed by atoms with Gasteiger partial charge in [-0.1, -0.05) is 26.7 Å². The van der Waals surface area contributed by atoms with E-state index < -0.39 is 20.1 Å². The number of carbonyl (C=O) groups is 2. The van der Waals surface area contributed by atoms with Crippen molar-refractivity contribution in [1.82, 2.24) is 0 Å². The first-order valence-electron chi connectivity index (χ1n) is 5.27. The van der Waals surface area contributed by atoms with Crippen LogP contribution in [0.5, 0.6) is 0 Å². The molecular weight excluding hydrogens is 216 g/mol. The normalized spacial score (nSPS) is 11.3. The Kier molecular flexibility index (Phi) is 6.40. The first-order valence-corrected chi connectivity index (χ1v) is 6.75. The van der Waals surface area contributed by atoms with Crippen molar-refractivity contribution >= 4 is 20.1 Å². The summed E-state index contributed by atoms with van der Waals surface area (Å²) in [5, 5.41) is -1.85. The monoisotopic (exact) mass is 234 g/mol. The highest BCUT2D eigenvalue weighted by atomic mass is 32.2. The van der Waals surface area contributed by atoms with Gasteiger partial charge >= 0.3 is 0 Å². The molecule has 0 aliphatic heterocycles. The molecule has 88 valence electrons. The summed E-state index contributed by atoms with van der Waals surface area (Å²) in [6, 6.07) is 0. The molecule has 0 aromatic rings. The molecule has 0 heterocycles. The molecule has 0 aliphatic rings. The average molecular weight is 234 g/mol. The van der Waals surface area contributed by atoms with Gasteiger partial charge in [-0.15, -0.1) is 0 Å².